The number of fused-ring (bicyclic) bond motifs is 2. The van der Waals surface area contributed by atoms with Gasteiger partial charge in [0.15, 0.2) is 0 Å². The summed E-state index contributed by atoms with van der Waals surface area (Å²) in [6, 6.07) is 13.6. The van der Waals surface area contributed by atoms with E-state index in [1.807, 2.05) is 40.2 Å². The van der Waals surface area contributed by atoms with Crippen LogP contribution in [0, 0.1) is 17.7 Å². The Kier molecular flexibility index (Phi) is 6.52. The van der Waals surface area contributed by atoms with E-state index in [0.29, 0.717) is 55.6 Å². The van der Waals surface area contributed by atoms with Crippen LogP contribution < -0.4 is 10.6 Å². The van der Waals surface area contributed by atoms with Gasteiger partial charge in [0, 0.05) is 43.5 Å². The number of amides is 2. The molecule has 1 saturated heterocycles. The summed E-state index contributed by atoms with van der Waals surface area (Å²) in [6.07, 6.45) is 7.61. The lowest BCUT2D eigenvalue weighted by Gasteiger charge is -2.39. The minimum Gasteiger partial charge on any atom is -0.371 e. The number of carbonyl (C=O) groups is 2. The molecular weight excluding hydrogens is 529 g/mol. The first kappa shape index (κ1) is 26.7. The van der Waals surface area contributed by atoms with Crippen LogP contribution in [0.3, 0.4) is 0 Å². The summed E-state index contributed by atoms with van der Waals surface area (Å²) < 4.78 is 15.7. The maximum atomic E-state index is 15.7. The summed E-state index contributed by atoms with van der Waals surface area (Å²) in [4.78, 5) is 36.5. The standard InChI is InChI=1S/C34H36FN5O2/c1-20-18-40-31(23-7-8-23)17-30(34(42)39-14-12-22-5-3-4-6-26(22)21(39)2)37-32(40)16-28(20)27-10-9-25(15-29(27)35)38-13-11-24(19-38)33(36)41/h3-6,9-10,15-17,21,23-24,28H,1,7-8,11-14,18-19H2,2H3,(H2,36,41)/t21-,24?,28?/m1/s1. The first-order valence-electron chi connectivity index (χ1n) is 15.0. The molecule has 7 nitrogen and oxygen atoms in total. The van der Waals surface area contributed by atoms with E-state index >= 15 is 4.39 Å². The van der Waals surface area contributed by atoms with Crippen LogP contribution in [0.1, 0.15) is 54.8 Å². The number of benzene rings is 2. The SMILES string of the molecule is C=C1CN2C(=CC1c1ccc(N3CCC(C(N)=O)C3)cc1F)N=C(C(=O)N1CCc3ccccc3[C@H]1C)C=C2C1CC1. The molecule has 8 heteroatoms. The molecule has 0 radical (unpaired) electrons. The van der Waals surface area contributed by atoms with Crippen molar-refractivity contribution in [2.45, 2.75) is 44.6 Å². The first-order chi connectivity index (χ1) is 20.3. The highest BCUT2D eigenvalue weighted by Gasteiger charge is 2.39. The van der Waals surface area contributed by atoms with Gasteiger partial charge in [0.05, 0.1) is 12.0 Å². The van der Waals surface area contributed by atoms with E-state index in [1.54, 1.807) is 6.07 Å². The number of rotatable bonds is 5. The van der Waals surface area contributed by atoms with Crippen molar-refractivity contribution in [3.05, 3.63) is 101 Å². The molecule has 5 aliphatic rings. The molecule has 2 unspecified atom stereocenters. The lowest BCUT2D eigenvalue weighted by Crippen LogP contribution is -2.44. The summed E-state index contributed by atoms with van der Waals surface area (Å²) in [5.41, 5.74) is 11.7. The van der Waals surface area contributed by atoms with E-state index < -0.39 is 0 Å². The molecule has 0 aromatic heterocycles. The Hall–Kier alpha value is -4.20. The number of carbonyl (C=O) groups excluding carboxylic acids is 2. The third kappa shape index (κ3) is 4.63. The van der Waals surface area contributed by atoms with Crippen molar-refractivity contribution in [3.8, 4) is 0 Å². The average molecular weight is 566 g/mol. The maximum absolute atomic E-state index is 15.7. The second-order valence-electron chi connectivity index (χ2n) is 12.3. The highest BCUT2D eigenvalue weighted by molar-refractivity contribution is 6.44. The Morgan fingerprint density at radius 1 is 1.07 bits per heavy atom. The molecule has 2 fully saturated rings. The van der Waals surface area contributed by atoms with Crippen LogP contribution in [0.25, 0.3) is 0 Å². The van der Waals surface area contributed by atoms with Gasteiger partial charge in [-0.25, -0.2) is 9.38 Å². The third-order valence-electron chi connectivity index (χ3n) is 9.57. The zero-order valence-electron chi connectivity index (χ0n) is 23.9. The highest BCUT2D eigenvalue weighted by atomic mass is 19.1. The van der Waals surface area contributed by atoms with Crippen LogP contribution in [-0.4, -0.2) is 53.5 Å². The fourth-order valence-corrected chi connectivity index (χ4v) is 6.96. The van der Waals surface area contributed by atoms with E-state index in [2.05, 4.69) is 36.6 Å². The summed E-state index contributed by atoms with van der Waals surface area (Å²) in [7, 11) is 0. The fraction of sp³-hybridized carbons (Fsp3) is 0.382. The molecule has 1 saturated carbocycles. The van der Waals surface area contributed by atoms with E-state index in [-0.39, 0.29) is 35.5 Å². The van der Waals surface area contributed by atoms with Crippen molar-refractivity contribution in [1.29, 1.82) is 0 Å². The molecule has 2 aromatic rings. The number of hydrogen-bond acceptors (Lipinski definition) is 5. The van der Waals surface area contributed by atoms with Gasteiger partial charge in [0.25, 0.3) is 5.91 Å². The minimum atomic E-state index is -0.360. The van der Waals surface area contributed by atoms with E-state index in [9.17, 15) is 9.59 Å². The van der Waals surface area contributed by atoms with Crippen molar-refractivity contribution in [2.24, 2.45) is 22.6 Å². The van der Waals surface area contributed by atoms with Gasteiger partial charge in [-0.3, -0.25) is 9.59 Å². The molecule has 216 valence electrons. The number of nitrogens with two attached hydrogens (primary N) is 1. The normalized spacial score (nSPS) is 25.4. The number of nitrogens with zero attached hydrogens (tertiary/aromatic N) is 4. The highest BCUT2D eigenvalue weighted by Crippen LogP contribution is 2.45. The lowest BCUT2D eigenvalue weighted by atomic mass is 9.87. The van der Waals surface area contributed by atoms with Crippen molar-refractivity contribution >= 4 is 23.2 Å². The zero-order chi connectivity index (χ0) is 29.1. The lowest BCUT2D eigenvalue weighted by molar-refractivity contribution is -0.126. The van der Waals surface area contributed by atoms with Gasteiger partial charge in [-0.1, -0.05) is 36.9 Å². The molecule has 2 amide bonds. The first-order valence-corrected chi connectivity index (χ1v) is 15.0. The number of aliphatic imine (C=N–C) groups is 1. The molecule has 2 aromatic carbocycles. The van der Waals surface area contributed by atoms with Gasteiger partial charge in [0.1, 0.15) is 17.3 Å². The summed E-state index contributed by atoms with van der Waals surface area (Å²) in [5, 5.41) is 0. The maximum Gasteiger partial charge on any atom is 0.273 e. The molecule has 42 heavy (non-hydrogen) atoms. The molecule has 1 aliphatic carbocycles. The van der Waals surface area contributed by atoms with Crippen LogP contribution in [0.4, 0.5) is 10.1 Å². The Morgan fingerprint density at radius 2 is 1.88 bits per heavy atom. The van der Waals surface area contributed by atoms with E-state index in [4.69, 9.17) is 10.7 Å². The molecule has 0 bridgehead atoms. The smallest absolute Gasteiger partial charge is 0.273 e. The Morgan fingerprint density at radius 3 is 2.62 bits per heavy atom. The number of primary amides is 1. The second kappa shape index (κ2) is 10.3. The second-order valence-corrected chi connectivity index (χ2v) is 12.3. The molecular formula is C34H36FN5O2. The summed E-state index contributed by atoms with van der Waals surface area (Å²) >= 11 is 0. The molecule has 4 aliphatic heterocycles. The Labute approximate surface area is 245 Å². The van der Waals surface area contributed by atoms with E-state index in [1.165, 1.54) is 11.1 Å². The average Bonchev–Trinajstić information content (AvgIpc) is 3.71. The zero-order valence-corrected chi connectivity index (χ0v) is 23.9. The van der Waals surface area contributed by atoms with Gasteiger partial charge >= 0.3 is 0 Å². The summed E-state index contributed by atoms with van der Waals surface area (Å²) in [6.45, 7) is 8.79. The predicted octanol–water partition coefficient (Wildman–Crippen LogP) is 4.83. The van der Waals surface area contributed by atoms with Crippen molar-refractivity contribution < 1.29 is 14.0 Å². The van der Waals surface area contributed by atoms with Crippen LogP contribution >= 0.6 is 0 Å². The molecule has 0 spiro atoms. The topological polar surface area (TPSA) is 82.2 Å². The van der Waals surface area contributed by atoms with Crippen LogP contribution in [0.5, 0.6) is 0 Å². The van der Waals surface area contributed by atoms with Crippen molar-refractivity contribution in [1.82, 2.24) is 9.80 Å². The van der Waals surface area contributed by atoms with Crippen LogP contribution in [0.15, 0.2) is 83.3 Å². The molecule has 3 atom stereocenters. The number of hydrogen-bond donors (Lipinski definition) is 1. The van der Waals surface area contributed by atoms with E-state index in [0.717, 1.165) is 36.2 Å². The number of anilines is 1. The third-order valence-corrected chi connectivity index (χ3v) is 9.57. The quantitative estimate of drug-likeness (QED) is 0.527. The van der Waals surface area contributed by atoms with Crippen molar-refractivity contribution in [2.75, 3.05) is 31.1 Å². The van der Waals surface area contributed by atoms with Crippen LogP contribution in [-0.2, 0) is 16.0 Å². The monoisotopic (exact) mass is 565 g/mol. The van der Waals surface area contributed by atoms with Gasteiger partial charge in [-0.05, 0) is 85.1 Å². The fourth-order valence-electron chi connectivity index (χ4n) is 6.96. The Balaban J connectivity index is 1.18. The Bertz CT molecular complexity index is 1590. The summed E-state index contributed by atoms with van der Waals surface area (Å²) in [5.74, 6) is -0.169. The van der Waals surface area contributed by atoms with Gasteiger partial charge < -0.3 is 20.4 Å². The number of halogens is 1. The van der Waals surface area contributed by atoms with Gasteiger partial charge in [-0.2, -0.15) is 0 Å². The van der Waals surface area contributed by atoms with Crippen LogP contribution in [0.2, 0.25) is 0 Å². The largest absolute Gasteiger partial charge is 0.371 e. The molecule has 4 heterocycles. The molecule has 7 rings (SSSR count). The van der Waals surface area contributed by atoms with Crippen molar-refractivity contribution in [3.63, 3.8) is 0 Å². The molecule has 2 N–H and O–H groups in total. The van der Waals surface area contributed by atoms with Gasteiger partial charge in [-0.15, -0.1) is 0 Å². The number of allylic oxidation sites excluding steroid dienone is 2. The minimum absolute atomic E-state index is 0.0321. The predicted molar refractivity (Wildman–Crippen MR) is 161 cm³/mol. The van der Waals surface area contributed by atoms with Gasteiger partial charge in [0.2, 0.25) is 5.91 Å².